The third-order valence-corrected chi connectivity index (χ3v) is 10.4. The van der Waals surface area contributed by atoms with E-state index >= 15 is 0 Å². The summed E-state index contributed by atoms with van der Waals surface area (Å²) in [4.78, 5) is 33.9. The molecule has 7 aromatic rings. The van der Waals surface area contributed by atoms with Crippen LogP contribution in [0.25, 0.3) is 38.5 Å². The molecule has 8 rings (SSSR count). The number of thiophene rings is 1. The van der Waals surface area contributed by atoms with E-state index in [9.17, 15) is 9.59 Å². The van der Waals surface area contributed by atoms with Crippen LogP contribution in [-0.4, -0.2) is 26.3 Å². The van der Waals surface area contributed by atoms with Crippen LogP contribution in [0.1, 0.15) is 56.2 Å². The van der Waals surface area contributed by atoms with Gasteiger partial charge in [-0.25, -0.2) is 4.98 Å². The van der Waals surface area contributed by atoms with E-state index in [0.29, 0.717) is 28.1 Å². The van der Waals surface area contributed by atoms with E-state index in [2.05, 4.69) is 9.88 Å². The van der Waals surface area contributed by atoms with Crippen molar-refractivity contribution in [3.8, 4) is 16.6 Å². The van der Waals surface area contributed by atoms with Gasteiger partial charge in [0.15, 0.2) is 5.76 Å². The number of hydrogen-bond acceptors (Lipinski definition) is 6. The summed E-state index contributed by atoms with van der Waals surface area (Å²) in [7, 11) is 0. The lowest BCUT2D eigenvalue weighted by Gasteiger charge is -2.14. The van der Waals surface area contributed by atoms with Gasteiger partial charge in [0.1, 0.15) is 10.6 Å². The van der Waals surface area contributed by atoms with Crippen LogP contribution in [0.3, 0.4) is 0 Å². The molecule has 1 N–H and O–H groups in total. The third kappa shape index (κ3) is 5.16. The molecule has 0 atom stereocenters. The second kappa shape index (κ2) is 11.9. The van der Waals surface area contributed by atoms with Crippen LogP contribution in [0.4, 0.5) is 5.69 Å². The van der Waals surface area contributed by atoms with E-state index < -0.39 is 0 Å². The summed E-state index contributed by atoms with van der Waals surface area (Å²) in [5.74, 6) is 0.677. The number of benzene rings is 3. The smallest absolute Gasteiger partial charge is 0.282 e. The van der Waals surface area contributed by atoms with Crippen molar-refractivity contribution in [2.24, 2.45) is 5.10 Å². The van der Waals surface area contributed by atoms with Gasteiger partial charge in [-0.15, -0.1) is 11.3 Å². The van der Waals surface area contributed by atoms with E-state index in [1.165, 1.54) is 9.55 Å². The molecule has 1 aliphatic carbocycles. The highest BCUT2D eigenvalue weighted by Crippen LogP contribution is 2.39. The molecule has 48 heavy (non-hydrogen) atoms. The molecule has 8 nitrogen and oxygen atoms in total. The number of fused-ring (bicyclic) bond motifs is 3. The Morgan fingerprint density at radius 3 is 2.56 bits per heavy atom. The number of aryl methyl sites for hydroxylation is 3. The van der Waals surface area contributed by atoms with Crippen molar-refractivity contribution in [2.45, 2.75) is 46.5 Å². The number of amides is 1. The van der Waals surface area contributed by atoms with E-state index in [1.54, 1.807) is 23.6 Å². The molecular formula is C39H33N5O3S. The zero-order valence-corrected chi connectivity index (χ0v) is 27.7. The Kier molecular flexibility index (Phi) is 7.41. The van der Waals surface area contributed by atoms with E-state index in [-0.39, 0.29) is 11.5 Å². The molecule has 0 unspecified atom stereocenters. The molecule has 9 heteroatoms. The molecule has 0 spiro atoms. The molecule has 1 amide bonds. The van der Waals surface area contributed by atoms with Gasteiger partial charge < -0.3 is 14.3 Å². The molecule has 3 aromatic carbocycles. The number of rotatable bonds is 6. The van der Waals surface area contributed by atoms with E-state index in [4.69, 9.17) is 14.5 Å². The minimum Gasteiger partial charge on any atom is -0.453 e. The van der Waals surface area contributed by atoms with Gasteiger partial charge in [-0.2, -0.15) is 9.78 Å². The van der Waals surface area contributed by atoms with Crippen LogP contribution in [-0.2, 0) is 12.8 Å². The van der Waals surface area contributed by atoms with Crippen molar-refractivity contribution in [2.75, 3.05) is 5.32 Å². The summed E-state index contributed by atoms with van der Waals surface area (Å²) in [6.07, 6.45) is 5.75. The quantitative estimate of drug-likeness (QED) is 0.182. The van der Waals surface area contributed by atoms with Crippen LogP contribution < -0.4 is 10.9 Å². The first-order chi connectivity index (χ1) is 23.4. The molecule has 4 aromatic heterocycles. The van der Waals surface area contributed by atoms with Crippen LogP contribution in [0.15, 0.2) is 99.2 Å². The Bertz CT molecular complexity index is 2430. The SMILES string of the molecule is Cc1ccc(NC(=O)c2c(-n3c(C)cc(C=Nn4c(-c5cc6ccccc6o5)nc5ccccc5c4=O)c3C)sc3c2CCCC3)cc1. The zero-order valence-electron chi connectivity index (χ0n) is 26.9. The van der Waals surface area contributed by atoms with Crippen molar-refractivity contribution in [1.82, 2.24) is 14.2 Å². The van der Waals surface area contributed by atoms with Crippen molar-refractivity contribution in [1.29, 1.82) is 0 Å². The highest BCUT2D eigenvalue weighted by molar-refractivity contribution is 7.15. The Hall–Kier alpha value is -5.54. The van der Waals surface area contributed by atoms with Gasteiger partial charge in [-0.05, 0) is 94.5 Å². The predicted octanol–water partition coefficient (Wildman–Crippen LogP) is 8.60. The largest absolute Gasteiger partial charge is 0.453 e. The fourth-order valence-electron chi connectivity index (χ4n) is 6.61. The second-order valence-electron chi connectivity index (χ2n) is 12.3. The summed E-state index contributed by atoms with van der Waals surface area (Å²) in [5.41, 5.74) is 7.51. The van der Waals surface area contributed by atoms with Gasteiger partial charge in [-0.1, -0.05) is 48.0 Å². The average molecular weight is 652 g/mol. The summed E-state index contributed by atoms with van der Waals surface area (Å²) >= 11 is 1.70. The third-order valence-electron chi connectivity index (χ3n) is 9.07. The molecule has 0 saturated carbocycles. The first-order valence-corrected chi connectivity index (χ1v) is 16.9. The lowest BCUT2D eigenvalue weighted by Crippen LogP contribution is -2.20. The van der Waals surface area contributed by atoms with E-state index in [1.807, 2.05) is 99.6 Å². The summed E-state index contributed by atoms with van der Waals surface area (Å²) in [6.45, 7) is 6.09. The lowest BCUT2D eigenvalue weighted by atomic mass is 9.95. The van der Waals surface area contributed by atoms with Crippen molar-refractivity contribution < 1.29 is 9.21 Å². The molecule has 0 bridgehead atoms. The number of aromatic nitrogens is 3. The normalized spacial score (nSPS) is 13.1. The van der Waals surface area contributed by atoms with Crippen LogP contribution in [0.5, 0.6) is 0 Å². The number of anilines is 1. The predicted molar refractivity (Wildman–Crippen MR) is 193 cm³/mol. The van der Waals surface area contributed by atoms with Gasteiger partial charge in [-0.3, -0.25) is 9.59 Å². The molecule has 1 aliphatic rings. The molecule has 4 heterocycles. The fraction of sp³-hybridized carbons (Fsp3) is 0.179. The number of carbonyl (C=O) groups excluding carboxylic acids is 1. The summed E-state index contributed by atoms with van der Waals surface area (Å²) < 4.78 is 9.61. The van der Waals surface area contributed by atoms with Gasteiger partial charge in [0, 0.05) is 32.9 Å². The highest BCUT2D eigenvalue weighted by atomic mass is 32.1. The molecule has 238 valence electrons. The first kappa shape index (κ1) is 29.8. The Morgan fingerprint density at radius 1 is 0.958 bits per heavy atom. The minimum absolute atomic E-state index is 0.0970. The summed E-state index contributed by atoms with van der Waals surface area (Å²) in [5, 5.41) is 10.2. The molecule has 0 radical (unpaired) electrons. The number of furan rings is 1. The van der Waals surface area contributed by atoms with Crippen LogP contribution >= 0.6 is 11.3 Å². The molecule has 0 aliphatic heterocycles. The first-order valence-electron chi connectivity index (χ1n) is 16.1. The number of para-hydroxylation sites is 2. The minimum atomic E-state index is -0.290. The van der Waals surface area contributed by atoms with Crippen molar-refractivity contribution >= 4 is 51.0 Å². The van der Waals surface area contributed by atoms with Crippen molar-refractivity contribution in [3.05, 3.63) is 134 Å². The average Bonchev–Trinajstić information content (AvgIpc) is 3.77. The second-order valence-corrected chi connectivity index (χ2v) is 13.4. The molecule has 0 fully saturated rings. The topological polar surface area (TPSA) is 94.4 Å². The maximum absolute atomic E-state index is 13.9. The number of carbonyl (C=O) groups is 1. The van der Waals surface area contributed by atoms with Gasteiger partial charge in [0.25, 0.3) is 11.5 Å². The number of hydrogen-bond donors (Lipinski definition) is 1. The monoisotopic (exact) mass is 651 g/mol. The van der Waals surface area contributed by atoms with Gasteiger partial charge in [0.05, 0.1) is 22.7 Å². The van der Waals surface area contributed by atoms with Crippen LogP contribution in [0, 0.1) is 20.8 Å². The highest BCUT2D eigenvalue weighted by Gasteiger charge is 2.28. The number of nitrogens with one attached hydrogen (secondary N) is 1. The van der Waals surface area contributed by atoms with Gasteiger partial charge >= 0.3 is 0 Å². The molecule has 0 saturated heterocycles. The maximum atomic E-state index is 13.9. The van der Waals surface area contributed by atoms with E-state index in [0.717, 1.165) is 75.4 Å². The molecular weight excluding hydrogens is 619 g/mol. The van der Waals surface area contributed by atoms with Crippen molar-refractivity contribution in [3.63, 3.8) is 0 Å². The zero-order chi connectivity index (χ0) is 32.9. The summed E-state index contributed by atoms with van der Waals surface area (Å²) in [6, 6.07) is 26.8. The lowest BCUT2D eigenvalue weighted by molar-refractivity contribution is 0.102. The Balaban J connectivity index is 1.23. The van der Waals surface area contributed by atoms with Gasteiger partial charge in [0.2, 0.25) is 5.82 Å². The fourth-order valence-corrected chi connectivity index (χ4v) is 8.10. The van der Waals surface area contributed by atoms with Crippen LogP contribution in [0.2, 0.25) is 0 Å². The number of nitrogens with zero attached hydrogens (tertiary/aromatic N) is 4. The standard InChI is InChI=1S/C39H33N5O3S/c1-23-16-18-28(19-17-23)41-37(45)35-30-12-6-9-15-34(30)48-39(35)43-24(2)20-27(25(43)3)22-40-44-36(33-21-26-10-4-8-14-32(26)47-33)42-31-13-7-5-11-29(31)38(44)46/h4-5,7-8,10-11,13-14,16-22H,6,9,12,15H2,1-3H3,(H,41,45). The maximum Gasteiger partial charge on any atom is 0.282 e. The Labute approximate surface area is 281 Å². The Morgan fingerprint density at radius 2 is 1.73 bits per heavy atom.